The molecule has 0 aliphatic rings. The fourth-order valence-corrected chi connectivity index (χ4v) is 1.25. The number of nitrogens with one attached hydrogen (secondary N) is 6. The lowest BCUT2D eigenvalue weighted by molar-refractivity contribution is 0.568. The first kappa shape index (κ1) is 15.3. The van der Waals surface area contributed by atoms with E-state index in [0.29, 0.717) is 23.3 Å². The molecular weight excluding hydrogens is 244 g/mol. The molecule has 8 heteroatoms. The van der Waals surface area contributed by atoms with Crippen LogP contribution in [-0.2, 0) is 0 Å². The number of hydrazine groups is 2. The summed E-state index contributed by atoms with van der Waals surface area (Å²) in [4.78, 5) is 0. The summed E-state index contributed by atoms with van der Waals surface area (Å²) in [5.41, 5.74) is 11.6. The molecule has 0 spiro atoms. The van der Waals surface area contributed by atoms with Crippen molar-refractivity contribution in [2.75, 3.05) is 26.2 Å². The third kappa shape index (κ3) is 9.84. The molecule has 0 unspecified atom stereocenters. The van der Waals surface area contributed by atoms with Crippen LogP contribution in [0.2, 0.25) is 0 Å². The Morgan fingerprint density at radius 2 is 1.19 bits per heavy atom. The summed E-state index contributed by atoms with van der Waals surface area (Å²) in [5, 5.41) is 7.12. The van der Waals surface area contributed by atoms with Crippen molar-refractivity contribution in [1.82, 2.24) is 32.3 Å². The fourth-order valence-electron chi connectivity index (χ4n) is 0.820. The van der Waals surface area contributed by atoms with E-state index < -0.39 is 0 Å². The molecule has 0 aromatic carbocycles. The van der Waals surface area contributed by atoms with Crippen molar-refractivity contribution in [3.05, 3.63) is 0 Å². The quantitative estimate of drug-likeness (QED) is 0.198. The van der Waals surface area contributed by atoms with E-state index in [2.05, 4.69) is 32.3 Å². The minimum atomic E-state index is 0.596. The molecule has 0 heterocycles. The lowest BCUT2D eigenvalue weighted by atomic mass is 10.7. The van der Waals surface area contributed by atoms with Gasteiger partial charge in [0.05, 0.1) is 0 Å². The van der Waals surface area contributed by atoms with E-state index in [9.17, 15) is 0 Å². The summed E-state index contributed by atoms with van der Waals surface area (Å²) >= 11 is 9.91. The topological polar surface area (TPSA) is 72.2 Å². The van der Waals surface area contributed by atoms with Gasteiger partial charge in [0, 0.05) is 26.2 Å². The fraction of sp³-hybridized carbons (Fsp3) is 0.750. The first-order valence-electron chi connectivity index (χ1n) is 5.24. The normalized spacial score (nSPS) is 9.38. The van der Waals surface area contributed by atoms with Gasteiger partial charge in [-0.3, -0.25) is 10.9 Å². The highest BCUT2D eigenvalue weighted by molar-refractivity contribution is 7.80. The van der Waals surface area contributed by atoms with Crippen LogP contribution in [0.5, 0.6) is 0 Å². The Morgan fingerprint density at radius 1 is 0.812 bits per heavy atom. The number of rotatable bonds is 7. The van der Waals surface area contributed by atoms with Gasteiger partial charge in [-0.1, -0.05) is 0 Å². The highest BCUT2D eigenvalue weighted by atomic mass is 32.1. The van der Waals surface area contributed by atoms with E-state index in [1.165, 1.54) is 0 Å². The van der Waals surface area contributed by atoms with Gasteiger partial charge in [-0.15, -0.1) is 0 Å². The summed E-state index contributed by atoms with van der Waals surface area (Å²) in [7, 11) is 0. The molecule has 94 valence electrons. The Hall–Kier alpha value is -0.700. The standard InChI is InChI=1S/C8H20N6S2/c1-3-9-7(15)13-11-5-6-12-14-8(16)10-4-2/h11-12H,3-6H2,1-2H3,(H2,9,13,15)(H2,10,14,16). The maximum Gasteiger partial charge on any atom is 0.180 e. The smallest absolute Gasteiger partial charge is 0.180 e. The Labute approximate surface area is 107 Å². The van der Waals surface area contributed by atoms with Crippen molar-refractivity contribution in [2.24, 2.45) is 0 Å². The molecule has 6 nitrogen and oxygen atoms in total. The lowest BCUT2D eigenvalue weighted by Gasteiger charge is -2.12. The number of hydrogen-bond acceptors (Lipinski definition) is 4. The predicted octanol–water partition coefficient (Wildman–Crippen LogP) is -1.04. The van der Waals surface area contributed by atoms with Crippen LogP contribution in [0.25, 0.3) is 0 Å². The van der Waals surface area contributed by atoms with E-state index in [0.717, 1.165) is 13.1 Å². The lowest BCUT2D eigenvalue weighted by Crippen LogP contribution is -2.49. The summed E-state index contributed by atoms with van der Waals surface area (Å²) < 4.78 is 0. The SMILES string of the molecule is CCNC(=S)NNCCNNC(=S)NCC. The van der Waals surface area contributed by atoms with Crippen molar-refractivity contribution in [1.29, 1.82) is 0 Å². The number of hydrogen-bond donors (Lipinski definition) is 6. The third-order valence-electron chi connectivity index (χ3n) is 1.45. The van der Waals surface area contributed by atoms with Gasteiger partial charge in [0.2, 0.25) is 0 Å². The second-order valence-corrected chi connectivity index (χ2v) is 3.64. The van der Waals surface area contributed by atoms with Crippen LogP contribution in [0, 0.1) is 0 Å². The van der Waals surface area contributed by atoms with Crippen LogP contribution in [0.3, 0.4) is 0 Å². The summed E-state index contributed by atoms with van der Waals surface area (Å²) in [6.45, 7) is 7.03. The highest BCUT2D eigenvalue weighted by Gasteiger charge is 1.92. The predicted molar refractivity (Wildman–Crippen MR) is 74.8 cm³/mol. The van der Waals surface area contributed by atoms with E-state index >= 15 is 0 Å². The molecule has 0 saturated heterocycles. The van der Waals surface area contributed by atoms with E-state index in [-0.39, 0.29) is 0 Å². The summed E-state index contributed by atoms with van der Waals surface area (Å²) in [6, 6.07) is 0. The first-order chi connectivity index (χ1) is 7.70. The second-order valence-electron chi connectivity index (χ2n) is 2.82. The highest BCUT2D eigenvalue weighted by Crippen LogP contribution is 1.63. The van der Waals surface area contributed by atoms with Crippen molar-refractivity contribution < 1.29 is 0 Å². The Kier molecular flexibility index (Phi) is 10.3. The van der Waals surface area contributed by atoms with Crippen LogP contribution in [0.15, 0.2) is 0 Å². The second kappa shape index (κ2) is 10.8. The van der Waals surface area contributed by atoms with Crippen LogP contribution in [0.1, 0.15) is 13.8 Å². The first-order valence-corrected chi connectivity index (χ1v) is 6.05. The maximum absolute atomic E-state index is 4.96. The number of thiocarbonyl (C=S) groups is 2. The van der Waals surface area contributed by atoms with Gasteiger partial charge < -0.3 is 10.6 Å². The third-order valence-corrected chi connectivity index (χ3v) is 1.95. The van der Waals surface area contributed by atoms with E-state index in [1.54, 1.807) is 0 Å². The van der Waals surface area contributed by atoms with Crippen molar-refractivity contribution >= 4 is 34.7 Å². The van der Waals surface area contributed by atoms with E-state index in [1.807, 2.05) is 13.8 Å². The van der Waals surface area contributed by atoms with Gasteiger partial charge in [-0.25, -0.2) is 10.9 Å². The monoisotopic (exact) mass is 264 g/mol. The van der Waals surface area contributed by atoms with Crippen molar-refractivity contribution in [2.45, 2.75) is 13.8 Å². The largest absolute Gasteiger partial charge is 0.362 e. The Morgan fingerprint density at radius 3 is 1.50 bits per heavy atom. The van der Waals surface area contributed by atoms with Gasteiger partial charge in [0.1, 0.15) is 0 Å². The molecule has 0 bridgehead atoms. The molecule has 0 aromatic heterocycles. The molecule has 0 amide bonds. The van der Waals surface area contributed by atoms with Gasteiger partial charge in [-0.05, 0) is 38.3 Å². The Bertz CT molecular complexity index is 189. The molecule has 16 heavy (non-hydrogen) atoms. The van der Waals surface area contributed by atoms with Gasteiger partial charge >= 0.3 is 0 Å². The molecule has 0 rings (SSSR count). The summed E-state index contributed by atoms with van der Waals surface area (Å²) in [5.74, 6) is 0. The van der Waals surface area contributed by atoms with Gasteiger partial charge in [-0.2, -0.15) is 0 Å². The zero-order valence-electron chi connectivity index (χ0n) is 9.64. The van der Waals surface area contributed by atoms with E-state index in [4.69, 9.17) is 24.4 Å². The summed E-state index contributed by atoms with van der Waals surface area (Å²) in [6.07, 6.45) is 0. The molecule has 0 fully saturated rings. The van der Waals surface area contributed by atoms with Gasteiger partial charge in [0.25, 0.3) is 0 Å². The van der Waals surface area contributed by atoms with Crippen LogP contribution < -0.4 is 32.3 Å². The van der Waals surface area contributed by atoms with Crippen molar-refractivity contribution in [3.8, 4) is 0 Å². The molecule has 6 N–H and O–H groups in total. The zero-order valence-corrected chi connectivity index (χ0v) is 11.3. The Balaban J connectivity index is 3.21. The average Bonchev–Trinajstić information content (AvgIpc) is 2.24. The van der Waals surface area contributed by atoms with Crippen LogP contribution in [-0.4, -0.2) is 36.4 Å². The van der Waals surface area contributed by atoms with Crippen LogP contribution >= 0.6 is 24.4 Å². The molecule has 0 saturated carbocycles. The molecule has 0 radical (unpaired) electrons. The maximum atomic E-state index is 4.96. The minimum Gasteiger partial charge on any atom is -0.362 e. The van der Waals surface area contributed by atoms with Crippen molar-refractivity contribution in [3.63, 3.8) is 0 Å². The molecular formula is C8H20N6S2. The molecule has 0 atom stereocenters. The van der Waals surface area contributed by atoms with Crippen LogP contribution in [0.4, 0.5) is 0 Å². The molecule has 0 aliphatic heterocycles. The molecule has 0 aliphatic carbocycles. The zero-order chi connectivity index (χ0) is 12.2. The van der Waals surface area contributed by atoms with Gasteiger partial charge in [0.15, 0.2) is 10.2 Å². The minimum absolute atomic E-state index is 0.596. The average molecular weight is 264 g/mol. The molecule has 0 aromatic rings.